The molecular weight excluding hydrogens is 482 g/mol. The molecule has 7 rings (SSSR count). The van der Waals surface area contributed by atoms with E-state index in [1.54, 1.807) is 0 Å². The minimum atomic E-state index is -0.285. The molecule has 7 nitrogen and oxygen atoms in total. The van der Waals surface area contributed by atoms with Gasteiger partial charge in [-0.05, 0) is 35.9 Å². The number of nitrogens with one attached hydrogen (secondary N) is 1. The number of hydrogen-bond acceptors (Lipinski definition) is 7. The van der Waals surface area contributed by atoms with Crippen LogP contribution in [0.4, 0.5) is 5.69 Å². The van der Waals surface area contributed by atoms with E-state index in [1.807, 2.05) is 24.3 Å². The summed E-state index contributed by atoms with van der Waals surface area (Å²) in [5.41, 5.74) is 7.87. The Kier molecular flexibility index (Phi) is 4.83. The van der Waals surface area contributed by atoms with E-state index in [4.69, 9.17) is 29.9 Å². The zero-order valence-corrected chi connectivity index (χ0v) is 23.0. The second-order valence-electron chi connectivity index (χ2n) is 12.3. The van der Waals surface area contributed by atoms with E-state index in [0.29, 0.717) is 16.7 Å². The van der Waals surface area contributed by atoms with Crippen LogP contribution in [0.15, 0.2) is 65.7 Å². The molecule has 1 N–H and O–H groups in total. The highest BCUT2D eigenvalue weighted by atomic mass is 15.0. The first-order valence-corrected chi connectivity index (χ1v) is 13.2. The third kappa shape index (κ3) is 3.80. The maximum atomic E-state index is 5.14. The van der Waals surface area contributed by atoms with Crippen molar-refractivity contribution in [1.29, 1.82) is 0 Å². The van der Waals surface area contributed by atoms with Crippen molar-refractivity contribution < 1.29 is 0 Å². The van der Waals surface area contributed by atoms with E-state index in [-0.39, 0.29) is 10.8 Å². The Labute approximate surface area is 227 Å². The molecule has 0 unspecified atom stereocenters. The predicted octanol–water partition coefficient (Wildman–Crippen LogP) is 5.14. The summed E-state index contributed by atoms with van der Waals surface area (Å²) in [6.07, 6.45) is 6.18. The minimum Gasteiger partial charge on any atom is -0.353 e. The summed E-state index contributed by atoms with van der Waals surface area (Å²) in [6.45, 7) is 12.7. The van der Waals surface area contributed by atoms with Gasteiger partial charge in [0.05, 0.1) is 17.1 Å². The molecule has 3 aliphatic heterocycles. The summed E-state index contributed by atoms with van der Waals surface area (Å²) in [4.78, 5) is 30.5. The smallest absolute Gasteiger partial charge is 0.135 e. The molecule has 8 bridgehead atoms. The zero-order valence-electron chi connectivity index (χ0n) is 23.0. The third-order valence-corrected chi connectivity index (χ3v) is 7.07. The van der Waals surface area contributed by atoms with E-state index in [1.165, 1.54) is 0 Å². The van der Waals surface area contributed by atoms with Crippen molar-refractivity contribution in [3.05, 3.63) is 88.6 Å². The van der Waals surface area contributed by atoms with Gasteiger partial charge < -0.3 is 5.32 Å². The van der Waals surface area contributed by atoms with E-state index in [2.05, 4.69) is 83.3 Å². The SMILES string of the molecule is CC(C)(C)c1nc2c3c(n1)-c1nc(C(C)(C)C)nc(c1=N3)=C1C=CC=C(N1)c1cccc(c1)-c1cccc-2n1. The number of fused-ring (bicyclic) bond motifs is 10. The number of aromatic nitrogens is 5. The lowest BCUT2D eigenvalue weighted by Gasteiger charge is -2.20. The van der Waals surface area contributed by atoms with Gasteiger partial charge in [-0.2, -0.15) is 0 Å². The predicted molar refractivity (Wildman–Crippen MR) is 153 cm³/mol. The Morgan fingerprint density at radius 2 is 1.33 bits per heavy atom. The van der Waals surface area contributed by atoms with Crippen molar-refractivity contribution in [3.63, 3.8) is 0 Å². The van der Waals surface area contributed by atoms with Crippen molar-refractivity contribution in [2.45, 2.75) is 52.4 Å². The molecule has 39 heavy (non-hydrogen) atoms. The third-order valence-electron chi connectivity index (χ3n) is 7.07. The van der Waals surface area contributed by atoms with Crippen LogP contribution >= 0.6 is 0 Å². The van der Waals surface area contributed by atoms with Crippen molar-refractivity contribution >= 4 is 17.1 Å². The van der Waals surface area contributed by atoms with Gasteiger partial charge in [-0.1, -0.05) is 71.9 Å². The second kappa shape index (κ2) is 7.99. The van der Waals surface area contributed by atoms with Crippen LogP contribution < -0.4 is 16.0 Å². The zero-order chi connectivity index (χ0) is 27.1. The molecule has 0 fully saturated rings. The molecule has 7 heteroatoms. The average molecular weight is 512 g/mol. The van der Waals surface area contributed by atoms with Crippen LogP contribution in [0.3, 0.4) is 0 Å². The number of dihydropyridines is 1. The molecule has 0 amide bonds. The highest BCUT2D eigenvalue weighted by Crippen LogP contribution is 2.40. The van der Waals surface area contributed by atoms with Gasteiger partial charge in [0.1, 0.15) is 45.1 Å². The number of benzene rings is 1. The average Bonchev–Trinajstić information content (AvgIpc) is 3.30. The summed E-state index contributed by atoms with van der Waals surface area (Å²) >= 11 is 0. The first-order chi connectivity index (χ1) is 18.6. The monoisotopic (exact) mass is 511 g/mol. The van der Waals surface area contributed by atoms with E-state index >= 15 is 0 Å². The lowest BCUT2D eigenvalue weighted by molar-refractivity contribution is 0.541. The molecule has 0 atom stereocenters. The lowest BCUT2D eigenvalue weighted by atomic mass is 9.94. The first-order valence-electron chi connectivity index (χ1n) is 13.2. The minimum absolute atomic E-state index is 0.278. The number of rotatable bonds is 0. The van der Waals surface area contributed by atoms with Crippen molar-refractivity contribution in [1.82, 2.24) is 30.2 Å². The first kappa shape index (κ1) is 23.6. The second-order valence-corrected chi connectivity index (χ2v) is 12.3. The van der Waals surface area contributed by atoms with Crippen LogP contribution in [0.25, 0.3) is 45.4 Å². The topological polar surface area (TPSA) is 88.8 Å². The molecule has 192 valence electrons. The van der Waals surface area contributed by atoms with Gasteiger partial charge in [-0.3, -0.25) is 0 Å². The Bertz CT molecular complexity index is 1900. The van der Waals surface area contributed by atoms with Crippen LogP contribution in [0, 0.1) is 0 Å². The van der Waals surface area contributed by atoms with Crippen LogP contribution in [-0.4, -0.2) is 24.9 Å². The van der Waals surface area contributed by atoms with Gasteiger partial charge in [0.25, 0.3) is 0 Å². The van der Waals surface area contributed by atoms with Gasteiger partial charge in [0, 0.05) is 22.1 Å². The van der Waals surface area contributed by atoms with Crippen LogP contribution in [0.5, 0.6) is 0 Å². The molecule has 6 heterocycles. The van der Waals surface area contributed by atoms with Gasteiger partial charge in [0.15, 0.2) is 0 Å². The van der Waals surface area contributed by atoms with Gasteiger partial charge in [-0.25, -0.2) is 29.9 Å². The van der Waals surface area contributed by atoms with Crippen LogP contribution in [0.2, 0.25) is 0 Å². The van der Waals surface area contributed by atoms with Crippen molar-refractivity contribution in [3.8, 4) is 34.0 Å². The maximum absolute atomic E-state index is 5.14. The molecule has 0 aliphatic carbocycles. The fraction of sp³-hybridized carbons (Fsp3) is 0.250. The maximum Gasteiger partial charge on any atom is 0.135 e. The standard InChI is InChI=1S/C32H29N7/c1-31(2,3)29-36-23-21-14-8-12-19(33-21)17-10-7-11-18(16-17)20-13-9-15-22(34-20)24-26-28(27(38-29)25(23)35-26)39-30(37-24)32(4,5)6/h7-16,33H,1-6H3. The lowest BCUT2D eigenvalue weighted by Crippen LogP contribution is -2.39. The highest BCUT2D eigenvalue weighted by Gasteiger charge is 2.31. The molecule has 3 aromatic heterocycles. The summed E-state index contributed by atoms with van der Waals surface area (Å²) in [7, 11) is 0. The Balaban J connectivity index is 1.67. The van der Waals surface area contributed by atoms with Crippen LogP contribution in [0.1, 0.15) is 58.8 Å². The molecule has 0 saturated heterocycles. The molecule has 3 aliphatic rings. The van der Waals surface area contributed by atoms with E-state index in [0.717, 1.165) is 62.3 Å². The molecule has 0 spiro atoms. The Morgan fingerprint density at radius 1 is 0.667 bits per heavy atom. The number of allylic oxidation sites excluding steroid dienone is 2. The number of nitrogens with zero attached hydrogens (tertiary/aromatic N) is 6. The Morgan fingerprint density at radius 3 is 2.13 bits per heavy atom. The van der Waals surface area contributed by atoms with E-state index in [9.17, 15) is 0 Å². The molecule has 0 saturated carbocycles. The summed E-state index contributed by atoms with van der Waals surface area (Å²) in [5, 5.41) is 5.09. The summed E-state index contributed by atoms with van der Waals surface area (Å²) < 4.78 is 0. The summed E-state index contributed by atoms with van der Waals surface area (Å²) in [6, 6.07) is 14.5. The summed E-state index contributed by atoms with van der Waals surface area (Å²) in [5.74, 6) is 1.46. The van der Waals surface area contributed by atoms with Crippen LogP contribution in [-0.2, 0) is 10.8 Å². The van der Waals surface area contributed by atoms with Gasteiger partial charge in [-0.15, -0.1) is 0 Å². The van der Waals surface area contributed by atoms with Crippen molar-refractivity contribution in [2.24, 2.45) is 4.99 Å². The molecule has 4 aromatic rings. The molecule has 0 radical (unpaired) electrons. The molecule has 1 aromatic carbocycles. The highest BCUT2D eigenvalue weighted by molar-refractivity contribution is 5.86. The van der Waals surface area contributed by atoms with Crippen molar-refractivity contribution in [2.75, 3.05) is 0 Å². The molecular formula is C32H29N7. The fourth-order valence-electron chi connectivity index (χ4n) is 4.95. The quantitative estimate of drug-likeness (QED) is 0.310. The van der Waals surface area contributed by atoms with E-state index < -0.39 is 0 Å². The number of hydrogen-bond donors (Lipinski definition) is 1. The Hall–Kier alpha value is -4.52. The van der Waals surface area contributed by atoms with Gasteiger partial charge >= 0.3 is 0 Å². The van der Waals surface area contributed by atoms with Gasteiger partial charge in [0.2, 0.25) is 0 Å². The normalized spacial score (nSPS) is 14.8. The largest absolute Gasteiger partial charge is 0.353 e. The fourth-order valence-corrected chi connectivity index (χ4v) is 4.95. The number of pyridine rings is 1.